The minimum Gasteiger partial charge on any atom is -0.357 e. The number of allylic oxidation sites excluding steroid dienone is 2. The van der Waals surface area contributed by atoms with E-state index in [2.05, 4.69) is 49.5 Å². The lowest BCUT2D eigenvalue weighted by molar-refractivity contribution is -0.941. The number of nitrogens with one attached hydrogen (secondary N) is 1. The van der Waals surface area contributed by atoms with Crippen LogP contribution in [-0.4, -0.2) is 36.4 Å². The van der Waals surface area contributed by atoms with E-state index in [0.29, 0.717) is 12.0 Å². The highest BCUT2D eigenvalue weighted by atomic mass is 16.1. The molecule has 4 aliphatic rings. The molecule has 1 unspecified atom stereocenters. The highest BCUT2D eigenvalue weighted by Gasteiger charge is 2.68. The number of hydrogen-bond donors (Lipinski definition) is 1. The standard InChI is InChI=1S/C22H26N2O/c1-3-10-24-11-9-22-18-7-5-6-8-19(18)23-21(22)17(14-25)16(12-20(22)24)15(4-2)13-24/h4-8,14,16,20H,3,9-13H2,1-2H3/p+1/t16-,20-,22+,24?/m0/s1. The van der Waals surface area contributed by atoms with Crippen molar-refractivity contribution in [3.8, 4) is 0 Å². The van der Waals surface area contributed by atoms with Gasteiger partial charge in [0.05, 0.1) is 18.5 Å². The number of anilines is 1. The molecule has 5 rings (SSSR count). The average Bonchev–Trinajstić information content (AvgIpc) is 3.16. The van der Waals surface area contributed by atoms with Crippen molar-refractivity contribution in [3.05, 3.63) is 52.7 Å². The van der Waals surface area contributed by atoms with E-state index in [9.17, 15) is 4.79 Å². The lowest BCUT2D eigenvalue weighted by atomic mass is 9.61. The van der Waals surface area contributed by atoms with E-state index < -0.39 is 0 Å². The van der Waals surface area contributed by atoms with Gasteiger partial charge in [0, 0.05) is 35.7 Å². The van der Waals surface area contributed by atoms with E-state index in [1.807, 2.05) is 0 Å². The molecule has 25 heavy (non-hydrogen) atoms. The van der Waals surface area contributed by atoms with E-state index in [1.54, 1.807) is 0 Å². The predicted molar refractivity (Wildman–Crippen MR) is 100 cm³/mol. The Morgan fingerprint density at radius 1 is 1.36 bits per heavy atom. The molecule has 0 radical (unpaired) electrons. The summed E-state index contributed by atoms with van der Waals surface area (Å²) in [5, 5.41) is 3.70. The van der Waals surface area contributed by atoms with Gasteiger partial charge in [-0.2, -0.15) is 0 Å². The summed E-state index contributed by atoms with van der Waals surface area (Å²) < 4.78 is 1.22. The first kappa shape index (κ1) is 15.4. The lowest BCUT2D eigenvalue weighted by Crippen LogP contribution is -2.63. The topological polar surface area (TPSA) is 29.1 Å². The molecule has 130 valence electrons. The molecule has 1 aliphatic carbocycles. The number of rotatable bonds is 3. The third-order valence-corrected chi connectivity index (χ3v) is 7.53. The number of piperidine rings is 1. The quantitative estimate of drug-likeness (QED) is 0.517. The largest absolute Gasteiger partial charge is 0.357 e. The summed E-state index contributed by atoms with van der Waals surface area (Å²) in [4.78, 5) is 12.2. The molecule has 0 aromatic heterocycles. The van der Waals surface area contributed by atoms with Gasteiger partial charge in [-0.3, -0.25) is 4.79 Å². The van der Waals surface area contributed by atoms with E-state index in [1.165, 1.54) is 46.5 Å². The van der Waals surface area contributed by atoms with Crippen LogP contribution in [0, 0.1) is 5.92 Å². The van der Waals surface area contributed by atoms with Gasteiger partial charge in [0.15, 0.2) is 0 Å². The van der Waals surface area contributed by atoms with Gasteiger partial charge in [-0.15, -0.1) is 0 Å². The van der Waals surface area contributed by atoms with Crippen LogP contribution in [0.1, 0.15) is 38.7 Å². The Balaban J connectivity index is 1.81. The van der Waals surface area contributed by atoms with Crippen LogP contribution in [0.15, 0.2) is 47.2 Å². The summed E-state index contributed by atoms with van der Waals surface area (Å²) in [5.41, 5.74) is 6.44. The third-order valence-electron chi connectivity index (χ3n) is 7.53. The minimum atomic E-state index is 0.0395. The maximum atomic E-state index is 12.2. The van der Waals surface area contributed by atoms with Crippen LogP contribution in [-0.2, 0) is 10.2 Å². The summed E-state index contributed by atoms with van der Waals surface area (Å²) in [6, 6.07) is 9.36. The molecule has 1 aromatic rings. The normalized spacial score (nSPS) is 39.2. The molecule has 3 heterocycles. The van der Waals surface area contributed by atoms with Gasteiger partial charge in [-0.25, -0.2) is 0 Å². The summed E-state index contributed by atoms with van der Waals surface area (Å²) in [7, 11) is 0. The van der Waals surface area contributed by atoms with Crippen LogP contribution in [0.4, 0.5) is 5.69 Å². The van der Waals surface area contributed by atoms with Crippen LogP contribution in [0.5, 0.6) is 0 Å². The summed E-state index contributed by atoms with van der Waals surface area (Å²) >= 11 is 0. The molecule has 1 N–H and O–H groups in total. The number of carbonyl (C=O) groups excluding carboxylic acids is 1. The zero-order valence-electron chi connectivity index (χ0n) is 15.2. The molecule has 1 spiro atoms. The molecule has 0 saturated carbocycles. The first-order valence-corrected chi connectivity index (χ1v) is 9.77. The van der Waals surface area contributed by atoms with Gasteiger partial charge in [0.2, 0.25) is 0 Å². The maximum absolute atomic E-state index is 12.2. The van der Waals surface area contributed by atoms with Crippen molar-refractivity contribution < 1.29 is 9.28 Å². The predicted octanol–water partition coefficient (Wildman–Crippen LogP) is 3.78. The Bertz CT molecular complexity index is 823. The Kier molecular flexibility index (Phi) is 3.12. The van der Waals surface area contributed by atoms with Crippen LogP contribution in [0.25, 0.3) is 0 Å². The molecule has 3 heteroatoms. The number of aldehydes is 1. The van der Waals surface area contributed by atoms with Gasteiger partial charge in [0.25, 0.3) is 0 Å². The fourth-order valence-corrected chi connectivity index (χ4v) is 6.68. The monoisotopic (exact) mass is 335 g/mol. The number of fused-ring (bicyclic) bond motifs is 2. The van der Waals surface area contributed by atoms with Crippen molar-refractivity contribution in [2.45, 2.75) is 44.6 Å². The Morgan fingerprint density at radius 3 is 2.96 bits per heavy atom. The number of benzene rings is 1. The van der Waals surface area contributed by atoms with Gasteiger partial charge >= 0.3 is 0 Å². The first-order valence-electron chi connectivity index (χ1n) is 9.77. The molecule has 3 nitrogen and oxygen atoms in total. The maximum Gasteiger partial charge on any atom is 0.148 e. The van der Waals surface area contributed by atoms with Gasteiger partial charge < -0.3 is 9.80 Å². The molecule has 2 bridgehead atoms. The SMILES string of the molecule is CC=C1C[N+]2(CCC)CC[C@]34C(=C(C=O)[C@H]1C[C@@H]32)Nc1ccccc14. The molecule has 4 atom stereocenters. The van der Waals surface area contributed by atoms with Crippen LogP contribution in [0.2, 0.25) is 0 Å². The Hall–Kier alpha value is -1.87. The zero-order valence-corrected chi connectivity index (χ0v) is 15.2. The van der Waals surface area contributed by atoms with Crippen molar-refractivity contribution >= 4 is 12.0 Å². The second kappa shape index (κ2) is 5.07. The van der Waals surface area contributed by atoms with Gasteiger partial charge in [0.1, 0.15) is 18.9 Å². The van der Waals surface area contributed by atoms with Crippen molar-refractivity contribution in [2.75, 3.05) is 25.0 Å². The smallest absolute Gasteiger partial charge is 0.148 e. The van der Waals surface area contributed by atoms with Crippen LogP contribution < -0.4 is 5.32 Å². The molecule has 0 amide bonds. The van der Waals surface area contributed by atoms with Crippen molar-refractivity contribution in [3.63, 3.8) is 0 Å². The lowest BCUT2D eigenvalue weighted by Gasteiger charge is -2.53. The van der Waals surface area contributed by atoms with Crippen molar-refractivity contribution in [2.24, 2.45) is 5.92 Å². The second-order valence-electron chi connectivity index (χ2n) is 8.33. The van der Waals surface area contributed by atoms with E-state index in [-0.39, 0.29) is 5.41 Å². The number of nitrogens with zero attached hydrogens (tertiary/aromatic N) is 1. The Morgan fingerprint density at radius 2 is 2.20 bits per heavy atom. The van der Waals surface area contributed by atoms with Crippen LogP contribution >= 0.6 is 0 Å². The first-order chi connectivity index (χ1) is 12.2. The van der Waals surface area contributed by atoms with E-state index in [4.69, 9.17) is 0 Å². The number of hydrogen-bond acceptors (Lipinski definition) is 2. The highest BCUT2D eigenvalue weighted by molar-refractivity contribution is 5.84. The fourth-order valence-electron chi connectivity index (χ4n) is 6.68. The highest BCUT2D eigenvalue weighted by Crippen LogP contribution is 2.63. The molecule has 3 aliphatic heterocycles. The fraction of sp³-hybridized carbons (Fsp3) is 0.500. The second-order valence-corrected chi connectivity index (χ2v) is 8.33. The van der Waals surface area contributed by atoms with Crippen molar-refractivity contribution in [1.29, 1.82) is 0 Å². The van der Waals surface area contributed by atoms with E-state index in [0.717, 1.165) is 31.2 Å². The molecular weight excluding hydrogens is 308 g/mol. The van der Waals surface area contributed by atoms with Crippen molar-refractivity contribution in [1.82, 2.24) is 0 Å². The molecular formula is C22H27N2O+. The van der Waals surface area contributed by atoms with E-state index >= 15 is 0 Å². The van der Waals surface area contributed by atoms with Gasteiger partial charge in [-0.1, -0.05) is 31.2 Å². The minimum absolute atomic E-state index is 0.0395. The summed E-state index contributed by atoms with van der Waals surface area (Å²) in [6.07, 6.45) is 6.96. The zero-order chi connectivity index (χ0) is 17.2. The summed E-state index contributed by atoms with van der Waals surface area (Å²) in [6.45, 7) is 8.08. The molecule has 2 saturated heterocycles. The average molecular weight is 335 g/mol. The van der Waals surface area contributed by atoms with Gasteiger partial charge in [-0.05, 0) is 30.5 Å². The Labute approximate surface area is 150 Å². The third kappa shape index (κ3) is 1.68. The molecule has 1 aromatic carbocycles. The number of carbonyl (C=O) groups is 1. The summed E-state index contributed by atoms with van der Waals surface area (Å²) in [5.74, 6) is 0.318. The number of para-hydroxylation sites is 1. The molecule has 2 fully saturated rings. The van der Waals surface area contributed by atoms with Crippen LogP contribution in [0.3, 0.4) is 0 Å². The number of quaternary nitrogens is 1.